The van der Waals surface area contributed by atoms with Crippen LogP contribution >= 0.6 is 11.6 Å². The molecule has 9 heteroatoms. The van der Waals surface area contributed by atoms with E-state index < -0.39 is 28.5 Å². The Balaban J connectivity index is 1.82. The Labute approximate surface area is 278 Å². The molecule has 0 aliphatic carbocycles. The number of benzene rings is 4. The topological polar surface area (TPSA) is 86.8 Å². The molecule has 0 aliphatic rings. The lowest BCUT2D eigenvalue weighted by Gasteiger charge is -2.34. The molecule has 1 unspecified atom stereocenters. The third-order valence-electron chi connectivity index (χ3n) is 8.08. The average Bonchev–Trinajstić information content (AvgIpc) is 3.03. The van der Waals surface area contributed by atoms with Gasteiger partial charge >= 0.3 is 0 Å². The van der Waals surface area contributed by atoms with Crippen molar-refractivity contribution in [2.24, 2.45) is 0 Å². The summed E-state index contributed by atoms with van der Waals surface area (Å²) in [7, 11) is -4.18. The first kappa shape index (κ1) is 34.7. The molecule has 0 aromatic heterocycles. The van der Waals surface area contributed by atoms with Gasteiger partial charge in [-0.2, -0.15) is 0 Å². The van der Waals surface area contributed by atoms with Gasteiger partial charge in [0.2, 0.25) is 11.8 Å². The van der Waals surface area contributed by atoms with Gasteiger partial charge < -0.3 is 10.2 Å². The first-order valence-electron chi connectivity index (χ1n) is 15.5. The normalized spacial score (nSPS) is 11.9. The molecule has 0 saturated heterocycles. The van der Waals surface area contributed by atoms with Gasteiger partial charge in [-0.05, 0) is 79.8 Å². The number of hydrogen-bond acceptors (Lipinski definition) is 4. The SMILES string of the molecule is CCCCNC(=O)C(Cc1ccccc1)N(Cc1cccc(Cl)c1)C(=O)CN(c1cccc(C)c1C)S(=O)(=O)c1ccc(C)cc1. The van der Waals surface area contributed by atoms with E-state index in [1.165, 1.54) is 9.21 Å². The molecule has 1 atom stereocenters. The molecule has 46 heavy (non-hydrogen) atoms. The Morgan fingerprint density at radius 3 is 2.20 bits per heavy atom. The van der Waals surface area contributed by atoms with Crippen molar-refractivity contribution in [1.29, 1.82) is 0 Å². The van der Waals surface area contributed by atoms with Crippen molar-refractivity contribution in [2.75, 3.05) is 17.4 Å². The van der Waals surface area contributed by atoms with E-state index in [0.29, 0.717) is 17.3 Å². The van der Waals surface area contributed by atoms with Crippen LogP contribution in [0.3, 0.4) is 0 Å². The highest BCUT2D eigenvalue weighted by molar-refractivity contribution is 7.92. The second-order valence-electron chi connectivity index (χ2n) is 11.5. The van der Waals surface area contributed by atoms with Gasteiger partial charge in [0.15, 0.2) is 0 Å². The maximum Gasteiger partial charge on any atom is 0.264 e. The lowest BCUT2D eigenvalue weighted by Crippen LogP contribution is -2.53. The quantitative estimate of drug-likeness (QED) is 0.148. The molecule has 0 radical (unpaired) electrons. The third-order valence-corrected chi connectivity index (χ3v) is 10.1. The van der Waals surface area contributed by atoms with Crippen molar-refractivity contribution < 1.29 is 18.0 Å². The number of sulfonamides is 1. The van der Waals surface area contributed by atoms with E-state index in [4.69, 9.17) is 11.6 Å². The number of rotatable bonds is 14. The number of unbranched alkanes of at least 4 members (excludes halogenated alkanes) is 1. The first-order valence-corrected chi connectivity index (χ1v) is 17.3. The van der Waals surface area contributed by atoms with Crippen LogP contribution in [0.1, 0.15) is 47.6 Å². The van der Waals surface area contributed by atoms with Gasteiger partial charge in [-0.3, -0.25) is 13.9 Å². The second kappa shape index (κ2) is 15.9. The van der Waals surface area contributed by atoms with E-state index in [2.05, 4.69) is 5.32 Å². The Morgan fingerprint density at radius 1 is 0.848 bits per heavy atom. The molecule has 7 nitrogen and oxygen atoms in total. The van der Waals surface area contributed by atoms with Gasteiger partial charge in [0.25, 0.3) is 10.0 Å². The summed E-state index contributed by atoms with van der Waals surface area (Å²) in [6.07, 6.45) is 1.94. The number of amides is 2. The molecule has 1 N–H and O–H groups in total. The summed E-state index contributed by atoms with van der Waals surface area (Å²) >= 11 is 6.33. The van der Waals surface area contributed by atoms with Crippen molar-refractivity contribution >= 4 is 39.1 Å². The fraction of sp³-hybridized carbons (Fsp3) is 0.297. The fourth-order valence-corrected chi connectivity index (χ4v) is 6.93. The number of carbonyl (C=O) groups excluding carboxylic acids is 2. The van der Waals surface area contributed by atoms with Crippen LogP contribution in [0.5, 0.6) is 0 Å². The lowest BCUT2D eigenvalue weighted by molar-refractivity contribution is -0.140. The number of hydrogen-bond donors (Lipinski definition) is 1. The number of aryl methyl sites for hydroxylation is 2. The van der Waals surface area contributed by atoms with Gasteiger partial charge in [0.05, 0.1) is 10.6 Å². The van der Waals surface area contributed by atoms with Crippen LogP contribution in [-0.2, 0) is 32.6 Å². The number of nitrogens with one attached hydrogen (secondary N) is 1. The van der Waals surface area contributed by atoms with Crippen molar-refractivity contribution in [2.45, 2.75) is 64.4 Å². The monoisotopic (exact) mass is 659 g/mol. The maximum atomic E-state index is 14.6. The van der Waals surface area contributed by atoms with Crippen LogP contribution in [0.25, 0.3) is 0 Å². The molecular formula is C37H42ClN3O4S. The summed E-state index contributed by atoms with van der Waals surface area (Å²) in [5.74, 6) is -0.810. The minimum Gasteiger partial charge on any atom is -0.354 e. The van der Waals surface area contributed by atoms with Gasteiger partial charge in [-0.15, -0.1) is 0 Å². The second-order valence-corrected chi connectivity index (χ2v) is 13.8. The smallest absolute Gasteiger partial charge is 0.264 e. The van der Waals surface area contributed by atoms with Crippen molar-refractivity contribution in [3.05, 3.63) is 130 Å². The average molecular weight is 660 g/mol. The molecule has 4 aromatic carbocycles. The van der Waals surface area contributed by atoms with Gasteiger partial charge in [0.1, 0.15) is 12.6 Å². The summed E-state index contributed by atoms with van der Waals surface area (Å²) in [4.78, 5) is 30.0. The number of halogens is 1. The van der Waals surface area contributed by atoms with E-state index in [1.807, 2.05) is 70.2 Å². The highest BCUT2D eigenvalue weighted by Gasteiger charge is 2.35. The standard InChI is InChI=1S/C37H42ClN3O4S/c1-5-6-22-39-37(43)35(24-30-13-8-7-9-14-30)40(25-31-15-11-16-32(38)23-31)36(42)26-41(34-17-10-12-28(3)29(34)4)46(44,45)33-20-18-27(2)19-21-33/h7-21,23,35H,5-6,22,24-26H2,1-4H3,(H,39,43). The number of anilines is 1. The van der Waals surface area contributed by atoms with Crippen LogP contribution < -0.4 is 9.62 Å². The largest absolute Gasteiger partial charge is 0.354 e. The number of carbonyl (C=O) groups is 2. The minimum absolute atomic E-state index is 0.0588. The molecule has 4 aromatic rings. The summed E-state index contributed by atoms with van der Waals surface area (Å²) in [6, 6.07) is 27.7. The molecule has 0 bridgehead atoms. The maximum absolute atomic E-state index is 14.6. The molecule has 0 aliphatic heterocycles. The number of nitrogens with zero attached hydrogens (tertiary/aromatic N) is 2. The zero-order chi connectivity index (χ0) is 33.3. The molecule has 2 amide bonds. The van der Waals surface area contributed by atoms with Crippen LogP contribution in [0.2, 0.25) is 5.02 Å². The molecule has 0 spiro atoms. The summed E-state index contributed by atoms with van der Waals surface area (Å²) in [6.45, 7) is 7.69. The Bertz CT molecular complexity index is 1740. The van der Waals surface area contributed by atoms with E-state index in [9.17, 15) is 18.0 Å². The molecule has 0 fully saturated rings. The Hall–Kier alpha value is -4.14. The van der Waals surface area contributed by atoms with Crippen molar-refractivity contribution in [3.63, 3.8) is 0 Å². The predicted octanol–water partition coefficient (Wildman–Crippen LogP) is 7.02. The summed E-state index contributed by atoms with van der Waals surface area (Å²) in [5.41, 5.74) is 4.55. The van der Waals surface area contributed by atoms with Crippen LogP contribution in [0.4, 0.5) is 5.69 Å². The van der Waals surface area contributed by atoms with E-state index in [-0.39, 0.29) is 23.8 Å². The Kier molecular flexibility index (Phi) is 12.0. The summed E-state index contributed by atoms with van der Waals surface area (Å²) in [5, 5.41) is 3.50. The minimum atomic E-state index is -4.18. The van der Waals surface area contributed by atoms with Crippen molar-refractivity contribution in [1.82, 2.24) is 10.2 Å². The highest BCUT2D eigenvalue weighted by Crippen LogP contribution is 2.29. The third kappa shape index (κ3) is 8.77. The molecular weight excluding hydrogens is 618 g/mol. The molecule has 242 valence electrons. The van der Waals surface area contributed by atoms with E-state index in [1.54, 1.807) is 54.6 Å². The predicted molar refractivity (Wildman–Crippen MR) is 185 cm³/mol. The van der Waals surface area contributed by atoms with Crippen LogP contribution in [-0.4, -0.2) is 44.3 Å². The van der Waals surface area contributed by atoms with Crippen LogP contribution in [0, 0.1) is 20.8 Å². The summed E-state index contributed by atoms with van der Waals surface area (Å²) < 4.78 is 29.8. The first-order chi connectivity index (χ1) is 22.0. The van der Waals surface area contributed by atoms with Crippen molar-refractivity contribution in [3.8, 4) is 0 Å². The molecule has 0 saturated carbocycles. The molecule has 0 heterocycles. The Morgan fingerprint density at radius 2 is 1.52 bits per heavy atom. The highest BCUT2D eigenvalue weighted by atomic mass is 35.5. The van der Waals surface area contributed by atoms with Crippen LogP contribution in [0.15, 0.2) is 102 Å². The van der Waals surface area contributed by atoms with Gasteiger partial charge in [0, 0.05) is 24.5 Å². The van der Waals surface area contributed by atoms with Gasteiger partial charge in [-0.25, -0.2) is 8.42 Å². The van der Waals surface area contributed by atoms with Gasteiger partial charge in [-0.1, -0.05) is 97.2 Å². The van der Waals surface area contributed by atoms with E-state index in [0.717, 1.165) is 40.7 Å². The zero-order valence-corrected chi connectivity index (χ0v) is 28.4. The lowest BCUT2D eigenvalue weighted by atomic mass is 10.0. The zero-order valence-electron chi connectivity index (χ0n) is 26.9. The molecule has 4 rings (SSSR count). The van der Waals surface area contributed by atoms with E-state index >= 15 is 0 Å². The fourth-order valence-electron chi connectivity index (χ4n) is 5.25.